The minimum absolute atomic E-state index is 0.0465. The summed E-state index contributed by atoms with van der Waals surface area (Å²) in [7, 11) is 1.55. The number of anilines is 2. The summed E-state index contributed by atoms with van der Waals surface area (Å²) in [6.45, 7) is 2.29. The van der Waals surface area contributed by atoms with Crippen molar-refractivity contribution in [2.24, 2.45) is 0 Å². The number of piperidine rings is 1. The number of nitrogens with one attached hydrogen (secondary N) is 1. The second-order valence-electron chi connectivity index (χ2n) is 7.75. The molecule has 0 bridgehead atoms. The number of carbonyl (C=O) groups excluding carboxylic acids is 1. The van der Waals surface area contributed by atoms with Gasteiger partial charge in [0.05, 0.1) is 7.11 Å². The number of amides is 1. The summed E-state index contributed by atoms with van der Waals surface area (Å²) in [5, 5.41) is 21.6. The standard InChI is InChI=1S/C25H25N5O3S/c1-32-22-15-19(10-11-21(22)33-17-18-8-4-2-5-9-18)14-20(16-26)23(31)27-24-28-29-25(34-24)30-12-6-3-7-13-30/h2,4-5,8-11,14-15H,3,6-7,12-13,17H2,1H3,(H,27,28,31)/b20-14-. The predicted molar refractivity (Wildman–Crippen MR) is 132 cm³/mol. The van der Waals surface area contributed by atoms with E-state index in [4.69, 9.17) is 9.47 Å². The van der Waals surface area contributed by atoms with Crippen LogP contribution in [0.5, 0.6) is 11.5 Å². The lowest BCUT2D eigenvalue weighted by molar-refractivity contribution is -0.112. The van der Waals surface area contributed by atoms with Crippen LogP contribution in [0.3, 0.4) is 0 Å². The van der Waals surface area contributed by atoms with Crippen LogP contribution in [0, 0.1) is 11.3 Å². The fraction of sp³-hybridized carbons (Fsp3) is 0.280. The van der Waals surface area contributed by atoms with Crippen molar-refractivity contribution >= 4 is 33.6 Å². The Balaban J connectivity index is 1.43. The van der Waals surface area contributed by atoms with E-state index in [2.05, 4.69) is 20.4 Å². The Morgan fingerprint density at radius 2 is 1.94 bits per heavy atom. The van der Waals surface area contributed by atoms with Gasteiger partial charge in [0.15, 0.2) is 11.5 Å². The number of hydrogen-bond acceptors (Lipinski definition) is 8. The molecule has 2 heterocycles. The van der Waals surface area contributed by atoms with Gasteiger partial charge in [0.1, 0.15) is 18.2 Å². The Morgan fingerprint density at radius 3 is 2.68 bits per heavy atom. The van der Waals surface area contributed by atoms with E-state index in [1.807, 2.05) is 36.4 Å². The highest BCUT2D eigenvalue weighted by molar-refractivity contribution is 7.19. The third-order valence-corrected chi connectivity index (χ3v) is 6.26. The first-order valence-electron chi connectivity index (χ1n) is 11.0. The molecule has 0 radical (unpaired) electrons. The molecule has 1 N–H and O–H groups in total. The van der Waals surface area contributed by atoms with Gasteiger partial charge in [0, 0.05) is 13.1 Å². The van der Waals surface area contributed by atoms with E-state index in [0.29, 0.717) is 28.8 Å². The Labute approximate surface area is 202 Å². The van der Waals surface area contributed by atoms with Crippen LogP contribution in [0.15, 0.2) is 54.1 Å². The van der Waals surface area contributed by atoms with Crippen molar-refractivity contribution in [3.8, 4) is 17.6 Å². The lowest BCUT2D eigenvalue weighted by atomic mass is 10.1. The number of aromatic nitrogens is 2. The van der Waals surface area contributed by atoms with Crippen LogP contribution in [0.25, 0.3) is 6.08 Å². The summed E-state index contributed by atoms with van der Waals surface area (Å²) < 4.78 is 11.3. The topological polar surface area (TPSA) is 100 Å². The van der Waals surface area contributed by atoms with Crippen LogP contribution in [0.4, 0.5) is 10.3 Å². The summed E-state index contributed by atoms with van der Waals surface area (Å²) in [6.07, 6.45) is 4.98. The Bertz CT molecular complexity index is 1200. The first-order valence-corrected chi connectivity index (χ1v) is 11.8. The molecule has 0 unspecified atom stereocenters. The molecule has 4 rings (SSSR count). The Morgan fingerprint density at radius 1 is 1.15 bits per heavy atom. The molecule has 1 aliphatic heterocycles. The zero-order valence-corrected chi connectivity index (χ0v) is 19.7. The molecule has 0 aliphatic carbocycles. The maximum absolute atomic E-state index is 12.7. The molecule has 174 valence electrons. The maximum atomic E-state index is 12.7. The summed E-state index contributed by atoms with van der Waals surface area (Å²) in [5.41, 5.74) is 1.63. The molecule has 2 aromatic carbocycles. The van der Waals surface area contributed by atoms with E-state index in [9.17, 15) is 10.1 Å². The van der Waals surface area contributed by atoms with Gasteiger partial charge < -0.3 is 14.4 Å². The molecule has 1 fully saturated rings. The minimum Gasteiger partial charge on any atom is -0.493 e. The first kappa shape index (κ1) is 23.3. The van der Waals surface area contributed by atoms with Crippen LogP contribution in [0.2, 0.25) is 0 Å². The van der Waals surface area contributed by atoms with Crippen LogP contribution >= 0.6 is 11.3 Å². The number of ether oxygens (including phenoxy) is 2. The Hall–Kier alpha value is -3.90. The van der Waals surface area contributed by atoms with Gasteiger partial charge >= 0.3 is 0 Å². The zero-order valence-electron chi connectivity index (χ0n) is 18.9. The Kier molecular flexibility index (Phi) is 7.73. The van der Waals surface area contributed by atoms with Crippen LogP contribution < -0.4 is 19.7 Å². The van der Waals surface area contributed by atoms with Crippen LogP contribution in [-0.2, 0) is 11.4 Å². The van der Waals surface area contributed by atoms with Crippen molar-refractivity contribution in [3.05, 3.63) is 65.2 Å². The SMILES string of the molecule is COc1cc(/C=C(/C#N)C(=O)Nc2nnc(N3CCCCC3)s2)ccc1OCc1ccccc1. The molecule has 0 spiro atoms. The van der Waals surface area contributed by atoms with E-state index in [0.717, 1.165) is 36.6 Å². The van der Waals surface area contributed by atoms with E-state index in [-0.39, 0.29) is 5.57 Å². The van der Waals surface area contributed by atoms with Gasteiger partial charge in [-0.25, -0.2) is 0 Å². The quantitative estimate of drug-likeness (QED) is 0.373. The van der Waals surface area contributed by atoms with Gasteiger partial charge in [0.25, 0.3) is 5.91 Å². The third-order valence-electron chi connectivity index (χ3n) is 5.36. The smallest absolute Gasteiger partial charge is 0.268 e. The predicted octanol–water partition coefficient (Wildman–Crippen LogP) is 4.66. The van der Waals surface area contributed by atoms with Crippen LogP contribution in [-0.4, -0.2) is 36.3 Å². The van der Waals surface area contributed by atoms with Gasteiger partial charge in [-0.05, 0) is 48.6 Å². The number of methoxy groups -OCH3 is 1. The summed E-state index contributed by atoms with van der Waals surface area (Å²) in [6, 6.07) is 17.0. The lowest BCUT2D eigenvalue weighted by Crippen LogP contribution is -2.29. The maximum Gasteiger partial charge on any atom is 0.268 e. The van der Waals surface area contributed by atoms with Gasteiger partial charge in [-0.15, -0.1) is 10.2 Å². The molecule has 3 aromatic rings. The van der Waals surface area contributed by atoms with Gasteiger partial charge in [-0.1, -0.05) is 47.7 Å². The first-order chi connectivity index (χ1) is 16.7. The number of rotatable bonds is 8. The summed E-state index contributed by atoms with van der Waals surface area (Å²) in [5.74, 6) is 0.551. The highest BCUT2D eigenvalue weighted by atomic mass is 32.1. The average molecular weight is 476 g/mol. The molecule has 0 atom stereocenters. The fourth-order valence-corrected chi connectivity index (χ4v) is 4.38. The van der Waals surface area contributed by atoms with Gasteiger partial charge in [-0.2, -0.15) is 5.26 Å². The normalized spacial score (nSPS) is 13.8. The third kappa shape index (κ3) is 5.91. The highest BCUT2D eigenvalue weighted by Crippen LogP contribution is 2.30. The molecule has 1 aliphatic rings. The summed E-state index contributed by atoms with van der Waals surface area (Å²) >= 11 is 1.31. The molecule has 1 saturated heterocycles. The monoisotopic (exact) mass is 475 g/mol. The molecule has 9 heteroatoms. The molecule has 34 heavy (non-hydrogen) atoms. The fourth-order valence-electron chi connectivity index (χ4n) is 3.59. The molecular formula is C25H25N5O3S. The number of nitriles is 1. The van der Waals surface area contributed by atoms with Crippen molar-refractivity contribution in [2.75, 3.05) is 30.4 Å². The molecule has 0 saturated carbocycles. The second-order valence-corrected chi connectivity index (χ2v) is 8.70. The van der Waals surface area contributed by atoms with Crippen molar-refractivity contribution in [2.45, 2.75) is 25.9 Å². The highest BCUT2D eigenvalue weighted by Gasteiger charge is 2.18. The van der Waals surface area contributed by atoms with Crippen LogP contribution in [0.1, 0.15) is 30.4 Å². The number of benzene rings is 2. The molecule has 1 amide bonds. The second kappa shape index (κ2) is 11.3. The molecule has 1 aromatic heterocycles. The summed E-state index contributed by atoms with van der Waals surface area (Å²) in [4.78, 5) is 14.9. The van der Waals surface area contributed by atoms with Crippen molar-refractivity contribution < 1.29 is 14.3 Å². The van der Waals surface area contributed by atoms with E-state index < -0.39 is 5.91 Å². The number of hydrogen-bond donors (Lipinski definition) is 1. The van der Waals surface area contributed by atoms with E-state index >= 15 is 0 Å². The van der Waals surface area contributed by atoms with Crippen molar-refractivity contribution in [1.29, 1.82) is 5.26 Å². The number of carbonyl (C=O) groups is 1. The minimum atomic E-state index is -0.535. The largest absolute Gasteiger partial charge is 0.493 e. The van der Waals surface area contributed by atoms with Gasteiger partial charge in [0.2, 0.25) is 10.3 Å². The zero-order chi connectivity index (χ0) is 23.8. The van der Waals surface area contributed by atoms with E-state index in [1.54, 1.807) is 25.3 Å². The molecule has 8 nitrogen and oxygen atoms in total. The van der Waals surface area contributed by atoms with Gasteiger partial charge in [-0.3, -0.25) is 10.1 Å². The van der Waals surface area contributed by atoms with E-state index in [1.165, 1.54) is 23.8 Å². The van der Waals surface area contributed by atoms with Crippen molar-refractivity contribution in [1.82, 2.24) is 10.2 Å². The lowest BCUT2D eigenvalue weighted by Gasteiger charge is -2.25. The number of nitrogens with zero attached hydrogens (tertiary/aromatic N) is 4. The molecular weight excluding hydrogens is 450 g/mol. The van der Waals surface area contributed by atoms with Crippen molar-refractivity contribution in [3.63, 3.8) is 0 Å². The average Bonchev–Trinajstić information content (AvgIpc) is 3.35.